The Balaban J connectivity index is 1.57. The summed E-state index contributed by atoms with van der Waals surface area (Å²) in [6.07, 6.45) is 0. The van der Waals surface area contributed by atoms with Gasteiger partial charge in [0.2, 0.25) is 5.91 Å². The fraction of sp³-hybridized carbons (Fsp3) is 0.250. The lowest BCUT2D eigenvalue weighted by Crippen LogP contribution is -2.31. The van der Waals surface area contributed by atoms with Crippen molar-refractivity contribution < 1.29 is 9.53 Å². The summed E-state index contributed by atoms with van der Waals surface area (Å²) in [6.45, 7) is 4.93. The predicted octanol–water partition coefficient (Wildman–Crippen LogP) is 3.42. The second-order valence-electron chi connectivity index (χ2n) is 6.32. The van der Waals surface area contributed by atoms with Crippen LogP contribution in [0.2, 0.25) is 0 Å². The van der Waals surface area contributed by atoms with Crippen molar-refractivity contribution in [3.8, 4) is 17.1 Å². The minimum atomic E-state index is -0.144. The molecule has 0 unspecified atom stereocenters. The Morgan fingerprint density at radius 2 is 1.93 bits per heavy atom. The van der Waals surface area contributed by atoms with Gasteiger partial charge in [-0.25, -0.2) is 0 Å². The molecule has 6 nitrogen and oxygen atoms in total. The van der Waals surface area contributed by atoms with Crippen LogP contribution in [0.25, 0.3) is 11.4 Å². The number of benzene rings is 2. The van der Waals surface area contributed by atoms with E-state index in [1.54, 1.807) is 4.57 Å². The lowest BCUT2D eigenvalue weighted by Gasteiger charge is -2.10. The van der Waals surface area contributed by atoms with Gasteiger partial charge < -0.3 is 10.1 Å². The highest BCUT2D eigenvalue weighted by atomic mass is 32.1. The number of amides is 1. The van der Waals surface area contributed by atoms with E-state index in [2.05, 4.69) is 15.5 Å². The molecule has 0 fully saturated rings. The van der Waals surface area contributed by atoms with Gasteiger partial charge in [0.25, 0.3) is 0 Å². The van der Waals surface area contributed by atoms with Crippen molar-refractivity contribution in [3.63, 3.8) is 0 Å². The molecule has 1 heterocycles. The first-order chi connectivity index (χ1) is 13.0. The number of hydrogen-bond acceptors (Lipinski definition) is 4. The third-order valence-corrected chi connectivity index (χ3v) is 4.33. The summed E-state index contributed by atoms with van der Waals surface area (Å²) in [5, 5.41) is 9.88. The van der Waals surface area contributed by atoms with Gasteiger partial charge in [0, 0.05) is 5.56 Å². The molecule has 1 amide bonds. The highest BCUT2D eigenvalue weighted by Gasteiger charge is 2.12. The molecule has 1 aromatic heterocycles. The first-order valence-electron chi connectivity index (χ1n) is 8.71. The quantitative estimate of drug-likeness (QED) is 0.485. The van der Waals surface area contributed by atoms with E-state index in [0.717, 1.165) is 22.4 Å². The van der Waals surface area contributed by atoms with E-state index in [1.165, 1.54) is 0 Å². The highest BCUT2D eigenvalue weighted by molar-refractivity contribution is 7.71. The van der Waals surface area contributed by atoms with Crippen LogP contribution in [0.4, 0.5) is 0 Å². The van der Waals surface area contributed by atoms with Crippen LogP contribution in [0.3, 0.4) is 0 Å². The first kappa shape index (κ1) is 18.8. The van der Waals surface area contributed by atoms with Crippen LogP contribution in [0, 0.1) is 18.6 Å². The molecule has 2 N–H and O–H groups in total. The van der Waals surface area contributed by atoms with E-state index in [0.29, 0.717) is 23.7 Å². The van der Waals surface area contributed by atoms with Crippen LogP contribution in [0.1, 0.15) is 11.1 Å². The molecule has 0 aliphatic carbocycles. The van der Waals surface area contributed by atoms with E-state index in [4.69, 9.17) is 17.0 Å². The maximum absolute atomic E-state index is 12.3. The third-order valence-electron chi connectivity index (χ3n) is 4.02. The molecule has 0 saturated heterocycles. The van der Waals surface area contributed by atoms with Crippen LogP contribution >= 0.6 is 12.2 Å². The molecule has 0 bridgehead atoms. The number of aryl methyl sites for hydroxylation is 2. The first-order valence-corrected chi connectivity index (χ1v) is 9.12. The van der Waals surface area contributed by atoms with Crippen molar-refractivity contribution >= 4 is 18.1 Å². The monoisotopic (exact) mass is 382 g/mol. The summed E-state index contributed by atoms with van der Waals surface area (Å²) in [6, 6.07) is 15.7. The Hall–Kier alpha value is -2.93. The summed E-state index contributed by atoms with van der Waals surface area (Å²) in [7, 11) is 0. The lowest BCUT2D eigenvalue weighted by atomic mass is 10.1. The van der Waals surface area contributed by atoms with Gasteiger partial charge in [-0.3, -0.25) is 14.5 Å². The number of carbonyl (C=O) groups is 1. The lowest BCUT2D eigenvalue weighted by molar-refractivity contribution is -0.121. The molecule has 3 aromatic rings. The standard InChI is InChI=1S/C20H22N4O2S/c1-14-5-3-7-16(11-14)19-22-23-20(27)24(19)13-18(25)21-9-10-26-17-8-4-6-15(2)12-17/h3-8,11-12H,9-10,13H2,1-2H3,(H,21,25)(H,23,27). The number of nitrogens with zero attached hydrogens (tertiary/aromatic N) is 2. The summed E-state index contributed by atoms with van der Waals surface area (Å²) < 4.78 is 7.75. The minimum Gasteiger partial charge on any atom is -0.492 e. The molecule has 2 aromatic carbocycles. The zero-order valence-corrected chi connectivity index (χ0v) is 16.2. The number of ether oxygens (including phenoxy) is 1. The molecule has 0 spiro atoms. The molecule has 0 aliphatic rings. The molecule has 0 atom stereocenters. The van der Waals surface area contributed by atoms with Crippen LogP contribution in [0.5, 0.6) is 5.75 Å². The topological polar surface area (TPSA) is 71.9 Å². The zero-order valence-electron chi connectivity index (χ0n) is 15.4. The molecule has 0 radical (unpaired) electrons. The smallest absolute Gasteiger partial charge is 0.240 e. The SMILES string of the molecule is Cc1cccc(OCCNC(=O)Cn2c(-c3cccc(C)c3)n[nH]c2=S)c1. The van der Waals surface area contributed by atoms with Gasteiger partial charge in [-0.2, -0.15) is 5.10 Å². The Morgan fingerprint density at radius 1 is 1.19 bits per heavy atom. The second kappa shape index (κ2) is 8.64. The number of carbonyl (C=O) groups excluding carboxylic acids is 1. The summed E-state index contributed by atoms with van der Waals surface area (Å²) >= 11 is 5.28. The fourth-order valence-corrected chi connectivity index (χ4v) is 2.93. The molecule has 0 saturated carbocycles. The average Bonchev–Trinajstić information content (AvgIpc) is 2.99. The van der Waals surface area contributed by atoms with E-state index in [1.807, 2.05) is 62.4 Å². The molecule has 27 heavy (non-hydrogen) atoms. The van der Waals surface area contributed by atoms with E-state index >= 15 is 0 Å². The maximum Gasteiger partial charge on any atom is 0.240 e. The van der Waals surface area contributed by atoms with Crippen molar-refractivity contribution in [2.45, 2.75) is 20.4 Å². The number of hydrogen-bond donors (Lipinski definition) is 2. The molecule has 140 valence electrons. The van der Waals surface area contributed by atoms with Crippen LogP contribution < -0.4 is 10.1 Å². The average molecular weight is 382 g/mol. The normalized spacial score (nSPS) is 10.6. The number of H-pyrrole nitrogens is 1. The molecule has 7 heteroatoms. The number of rotatable bonds is 7. The fourth-order valence-electron chi connectivity index (χ4n) is 2.73. The van der Waals surface area contributed by atoms with Crippen LogP contribution in [-0.2, 0) is 11.3 Å². The molecule has 0 aliphatic heterocycles. The summed E-state index contributed by atoms with van der Waals surface area (Å²) in [4.78, 5) is 12.3. The zero-order chi connectivity index (χ0) is 19.2. The predicted molar refractivity (Wildman–Crippen MR) is 107 cm³/mol. The summed E-state index contributed by atoms with van der Waals surface area (Å²) in [5.74, 6) is 1.30. The number of nitrogens with one attached hydrogen (secondary N) is 2. The van der Waals surface area contributed by atoms with Crippen molar-refractivity contribution in [2.24, 2.45) is 0 Å². The number of aromatic amines is 1. The van der Waals surface area contributed by atoms with Gasteiger partial charge >= 0.3 is 0 Å². The molecular formula is C20H22N4O2S. The van der Waals surface area contributed by atoms with Gasteiger partial charge in [0.15, 0.2) is 10.6 Å². The van der Waals surface area contributed by atoms with Gasteiger partial charge in [-0.05, 0) is 49.8 Å². The van der Waals surface area contributed by atoms with E-state index < -0.39 is 0 Å². The second-order valence-corrected chi connectivity index (χ2v) is 6.71. The Bertz CT molecular complexity index is 993. The van der Waals surface area contributed by atoms with Crippen molar-refractivity contribution in [1.29, 1.82) is 0 Å². The van der Waals surface area contributed by atoms with Crippen molar-refractivity contribution in [3.05, 3.63) is 64.4 Å². The van der Waals surface area contributed by atoms with Gasteiger partial charge in [0.1, 0.15) is 18.9 Å². The van der Waals surface area contributed by atoms with Gasteiger partial charge in [-0.1, -0.05) is 35.9 Å². The van der Waals surface area contributed by atoms with Crippen LogP contribution in [-0.4, -0.2) is 33.8 Å². The third kappa shape index (κ3) is 5.04. The van der Waals surface area contributed by atoms with E-state index in [9.17, 15) is 4.79 Å². The Morgan fingerprint density at radius 3 is 2.67 bits per heavy atom. The number of aromatic nitrogens is 3. The molecule has 3 rings (SSSR count). The molecular weight excluding hydrogens is 360 g/mol. The van der Waals surface area contributed by atoms with Gasteiger partial charge in [0.05, 0.1) is 6.54 Å². The maximum atomic E-state index is 12.3. The van der Waals surface area contributed by atoms with Crippen molar-refractivity contribution in [1.82, 2.24) is 20.1 Å². The largest absolute Gasteiger partial charge is 0.492 e. The van der Waals surface area contributed by atoms with Gasteiger partial charge in [-0.15, -0.1) is 0 Å². The van der Waals surface area contributed by atoms with Crippen molar-refractivity contribution in [2.75, 3.05) is 13.2 Å². The van der Waals surface area contributed by atoms with E-state index in [-0.39, 0.29) is 12.5 Å². The Labute approximate surface area is 163 Å². The van der Waals surface area contributed by atoms with Crippen LogP contribution in [0.15, 0.2) is 48.5 Å². The highest BCUT2D eigenvalue weighted by Crippen LogP contribution is 2.18. The minimum absolute atomic E-state index is 0.100. The Kier molecular flexibility index (Phi) is 6.03. The summed E-state index contributed by atoms with van der Waals surface area (Å²) in [5.41, 5.74) is 3.16.